The number of hydrogen-bond donors (Lipinski definition) is 0. The second-order valence-corrected chi connectivity index (χ2v) is 4.85. The molecule has 2 atom stereocenters. The van der Waals surface area contributed by atoms with Gasteiger partial charge in [0.05, 0.1) is 0 Å². The Hall–Kier alpha value is -1.38. The van der Waals surface area contributed by atoms with Gasteiger partial charge in [-0.05, 0) is 51.3 Å². The zero-order chi connectivity index (χ0) is 12.4. The van der Waals surface area contributed by atoms with E-state index in [4.69, 9.17) is 0 Å². The minimum atomic E-state index is -0.354. The van der Waals surface area contributed by atoms with Crippen LogP contribution < -0.4 is 0 Å². The van der Waals surface area contributed by atoms with Gasteiger partial charge in [0.1, 0.15) is 5.82 Å². The molecule has 1 aliphatic rings. The van der Waals surface area contributed by atoms with E-state index in [2.05, 4.69) is 13.8 Å². The summed E-state index contributed by atoms with van der Waals surface area (Å²) in [4.78, 5) is 14.2. The van der Waals surface area contributed by atoms with Crippen molar-refractivity contribution < 1.29 is 9.18 Å². The average molecular weight is 235 g/mol. The molecule has 0 saturated carbocycles. The van der Waals surface area contributed by atoms with Gasteiger partial charge in [0.2, 0.25) is 0 Å². The van der Waals surface area contributed by atoms with Crippen molar-refractivity contribution in [3.63, 3.8) is 0 Å². The number of halogens is 1. The predicted octanol–water partition coefficient (Wildman–Crippen LogP) is 3.23. The fourth-order valence-electron chi connectivity index (χ4n) is 2.59. The molecule has 2 nitrogen and oxygen atoms in total. The van der Waals surface area contributed by atoms with Crippen LogP contribution in [0.1, 0.15) is 43.5 Å². The summed E-state index contributed by atoms with van der Waals surface area (Å²) in [5.41, 5.74) is 0.450. The number of likely N-dealkylation sites (tertiary alicyclic amines) is 1. The SMILES string of the molecule is CC1CCCC(C)N1C(=O)c1cccc(F)c1. The third-order valence-electron chi connectivity index (χ3n) is 3.50. The Kier molecular flexibility index (Phi) is 3.46. The van der Waals surface area contributed by atoms with Crippen molar-refractivity contribution in [1.29, 1.82) is 0 Å². The highest BCUT2D eigenvalue weighted by molar-refractivity contribution is 5.94. The first-order valence-corrected chi connectivity index (χ1v) is 6.18. The molecule has 0 radical (unpaired) electrons. The first kappa shape index (κ1) is 12.1. The molecule has 0 aliphatic carbocycles. The molecule has 1 heterocycles. The summed E-state index contributed by atoms with van der Waals surface area (Å²) in [6.45, 7) is 4.12. The summed E-state index contributed by atoms with van der Waals surface area (Å²) in [5, 5.41) is 0. The van der Waals surface area contributed by atoms with Crippen molar-refractivity contribution in [1.82, 2.24) is 4.90 Å². The lowest BCUT2D eigenvalue weighted by molar-refractivity contribution is 0.0510. The predicted molar refractivity (Wildman–Crippen MR) is 65.3 cm³/mol. The zero-order valence-electron chi connectivity index (χ0n) is 10.3. The van der Waals surface area contributed by atoms with Crippen LogP contribution in [0.3, 0.4) is 0 Å². The minimum Gasteiger partial charge on any atom is -0.333 e. The van der Waals surface area contributed by atoms with Crippen LogP contribution in [0, 0.1) is 5.82 Å². The molecule has 17 heavy (non-hydrogen) atoms. The first-order chi connectivity index (χ1) is 8.09. The lowest BCUT2D eigenvalue weighted by Gasteiger charge is -2.39. The van der Waals surface area contributed by atoms with Gasteiger partial charge in [0, 0.05) is 17.6 Å². The van der Waals surface area contributed by atoms with Crippen molar-refractivity contribution in [3.8, 4) is 0 Å². The van der Waals surface area contributed by atoms with Gasteiger partial charge in [0.25, 0.3) is 5.91 Å². The van der Waals surface area contributed by atoms with E-state index in [1.165, 1.54) is 12.1 Å². The Bertz CT molecular complexity index is 408. The number of rotatable bonds is 1. The quantitative estimate of drug-likeness (QED) is 0.731. The Balaban J connectivity index is 2.24. The minimum absolute atomic E-state index is 0.0517. The molecule has 0 aromatic heterocycles. The summed E-state index contributed by atoms with van der Waals surface area (Å²) < 4.78 is 13.1. The third kappa shape index (κ3) is 2.48. The molecule has 2 unspecified atom stereocenters. The van der Waals surface area contributed by atoms with E-state index in [9.17, 15) is 9.18 Å². The van der Waals surface area contributed by atoms with Crippen LogP contribution in [-0.2, 0) is 0 Å². The monoisotopic (exact) mass is 235 g/mol. The van der Waals surface area contributed by atoms with Crippen LogP contribution in [0.4, 0.5) is 4.39 Å². The molecule has 1 saturated heterocycles. The summed E-state index contributed by atoms with van der Waals surface area (Å²) in [6.07, 6.45) is 3.23. The highest BCUT2D eigenvalue weighted by atomic mass is 19.1. The summed E-state index contributed by atoms with van der Waals surface area (Å²) in [7, 11) is 0. The van der Waals surface area contributed by atoms with Gasteiger partial charge in [-0.25, -0.2) is 4.39 Å². The van der Waals surface area contributed by atoms with E-state index in [-0.39, 0.29) is 23.8 Å². The molecule has 0 N–H and O–H groups in total. The Labute approximate surface area is 101 Å². The maximum absolute atomic E-state index is 13.1. The van der Waals surface area contributed by atoms with E-state index < -0.39 is 0 Å². The third-order valence-corrected chi connectivity index (χ3v) is 3.50. The van der Waals surface area contributed by atoms with Crippen LogP contribution in [0.25, 0.3) is 0 Å². The molecule has 0 bridgehead atoms. The summed E-state index contributed by atoms with van der Waals surface area (Å²) in [5.74, 6) is -0.405. The lowest BCUT2D eigenvalue weighted by atomic mass is 9.96. The number of benzene rings is 1. The Morgan fingerprint density at radius 3 is 2.53 bits per heavy atom. The van der Waals surface area contributed by atoms with Crippen LogP contribution >= 0.6 is 0 Å². The summed E-state index contributed by atoms with van der Waals surface area (Å²) in [6, 6.07) is 6.43. The van der Waals surface area contributed by atoms with Crippen molar-refractivity contribution in [2.45, 2.75) is 45.2 Å². The Morgan fingerprint density at radius 2 is 1.94 bits per heavy atom. The number of nitrogens with zero attached hydrogens (tertiary/aromatic N) is 1. The van der Waals surface area contributed by atoms with Gasteiger partial charge in [-0.3, -0.25) is 4.79 Å². The number of hydrogen-bond acceptors (Lipinski definition) is 1. The van der Waals surface area contributed by atoms with Gasteiger partial charge >= 0.3 is 0 Å². The molecule has 92 valence electrons. The van der Waals surface area contributed by atoms with Crippen LogP contribution in [0.15, 0.2) is 24.3 Å². The highest BCUT2D eigenvalue weighted by Gasteiger charge is 2.29. The first-order valence-electron chi connectivity index (χ1n) is 6.18. The highest BCUT2D eigenvalue weighted by Crippen LogP contribution is 2.24. The average Bonchev–Trinajstić information content (AvgIpc) is 2.28. The van der Waals surface area contributed by atoms with E-state index >= 15 is 0 Å². The number of amides is 1. The molecule has 1 aromatic rings. The normalized spacial score (nSPS) is 24.8. The fourth-order valence-corrected chi connectivity index (χ4v) is 2.59. The number of carbonyl (C=O) groups excluding carboxylic acids is 1. The van der Waals surface area contributed by atoms with Gasteiger partial charge < -0.3 is 4.90 Å². The second-order valence-electron chi connectivity index (χ2n) is 4.85. The molecule has 1 fully saturated rings. The van der Waals surface area contributed by atoms with Gasteiger partial charge in [-0.1, -0.05) is 6.07 Å². The molecular formula is C14H18FNO. The largest absolute Gasteiger partial charge is 0.333 e. The lowest BCUT2D eigenvalue weighted by Crippen LogP contribution is -2.47. The van der Waals surface area contributed by atoms with E-state index in [0.29, 0.717) is 5.56 Å². The van der Waals surface area contributed by atoms with Crippen LogP contribution in [0.2, 0.25) is 0 Å². The summed E-state index contributed by atoms with van der Waals surface area (Å²) >= 11 is 0. The van der Waals surface area contributed by atoms with Crippen LogP contribution in [-0.4, -0.2) is 22.9 Å². The van der Waals surface area contributed by atoms with Gasteiger partial charge in [0.15, 0.2) is 0 Å². The fraction of sp³-hybridized carbons (Fsp3) is 0.500. The smallest absolute Gasteiger partial charge is 0.254 e. The molecule has 3 heteroatoms. The van der Waals surface area contributed by atoms with Gasteiger partial charge in [-0.15, -0.1) is 0 Å². The molecule has 1 aromatic carbocycles. The standard InChI is InChI=1S/C14H18FNO/c1-10-5-3-6-11(2)16(10)14(17)12-7-4-8-13(15)9-12/h4,7-11H,3,5-6H2,1-2H3. The van der Waals surface area contributed by atoms with Crippen molar-refractivity contribution in [2.75, 3.05) is 0 Å². The van der Waals surface area contributed by atoms with Crippen molar-refractivity contribution in [3.05, 3.63) is 35.6 Å². The number of piperidine rings is 1. The maximum Gasteiger partial charge on any atom is 0.254 e. The van der Waals surface area contributed by atoms with E-state index in [1.807, 2.05) is 4.90 Å². The molecule has 1 amide bonds. The molecular weight excluding hydrogens is 217 g/mol. The van der Waals surface area contributed by atoms with Crippen molar-refractivity contribution >= 4 is 5.91 Å². The van der Waals surface area contributed by atoms with Gasteiger partial charge in [-0.2, -0.15) is 0 Å². The molecule has 1 aliphatic heterocycles. The topological polar surface area (TPSA) is 20.3 Å². The van der Waals surface area contributed by atoms with Crippen molar-refractivity contribution in [2.24, 2.45) is 0 Å². The zero-order valence-corrected chi connectivity index (χ0v) is 10.3. The second kappa shape index (κ2) is 4.86. The maximum atomic E-state index is 13.1. The Morgan fingerprint density at radius 1 is 1.29 bits per heavy atom. The van der Waals surface area contributed by atoms with E-state index in [1.54, 1.807) is 12.1 Å². The number of carbonyl (C=O) groups is 1. The van der Waals surface area contributed by atoms with E-state index in [0.717, 1.165) is 19.3 Å². The molecule has 2 rings (SSSR count). The van der Waals surface area contributed by atoms with Crippen LogP contribution in [0.5, 0.6) is 0 Å². The molecule has 0 spiro atoms.